The topological polar surface area (TPSA) is 29.5 Å². The molecule has 1 rings (SSSR count). The highest BCUT2D eigenvalue weighted by atomic mass is 19.1. The number of hydrogen-bond acceptors (Lipinski definition) is 2. The average molecular weight is 250 g/mol. The second-order valence-electron chi connectivity index (χ2n) is 4.68. The van der Waals surface area contributed by atoms with Crippen molar-refractivity contribution < 1.29 is 14.2 Å². The highest BCUT2D eigenvalue weighted by molar-refractivity contribution is 5.38. The molecule has 0 amide bonds. The van der Waals surface area contributed by atoms with Gasteiger partial charge in [-0.05, 0) is 38.0 Å². The van der Waals surface area contributed by atoms with Crippen molar-refractivity contribution in [2.45, 2.75) is 39.4 Å². The number of aliphatic hydroxyl groups excluding tert-OH is 1. The molecule has 0 heterocycles. The zero-order valence-corrected chi connectivity index (χ0v) is 11.1. The zero-order valence-electron chi connectivity index (χ0n) is 11.1. The minimum atomic E-state index is -0.380. The van der Waals surface area contributed by atoms with E-state index in [0.717, 1.165) is 12.0 Å². The minimum Gasteiger partial charge on any atom is -0.384 e. The normalized spacial score (nSPS) is 10.9. The van der Waals surface area contributed by atoms with Gasteiger partial charge in [-0.1, -0.05) is 24.8 Å². The van der Waals surface area contributed by atoms with Crippen molar-refractivity contribution in [3.05, 3.63) is 35.1 Å². The van der Waals surface area contributed by atoms with Gasteiger partial charge in [0.1, 0.15) is 12.4 Å². The molecule has 1 N–H and O–H groups in total. The lowest BCUT2D eigenvalue weighted by Gasteiger charge is -2.23. The molecular formula is C15H19FO2. The predicted molar refractivity (Wildman–Crippen MR) is 69.5 cm³/mol. The van der Waals surface area contributed by atoms with Crippen LogP contribution < -0.4 is 0 Å². The van der Waals surface area contributed by atoms with Gasteiger partial charge < -0.3 is 9.84 Å². The molecular weight excluding hydrogens is 231 g/mol. The Labute approximate surface area is 108 Å². The quantitative estimate of drug-likeness (QED) is 0.833. The van der Waals surface area contributed by atoms with E-state index < -0.39 is 0 Å². The summed E-state index contributed by atoms with van der Waals surface area (Å²) in [5.41, 5.74) is 0.977. The molecule has 0 radical (unpaired) electrons. The van der Waals surface area contributed by atoms with E-state index in [1.54, 1.807) is 12.1 Å². The van der Waals surface area contributed by atoms with E-state index in [4.69, 9.17) is 9.84 Å². The van der Waals surface area contributed by atoms with Gasteiger partial charge in [0, 0.05) is 0 Å². The van der Waals surface area contributed by atoms with Gasteiger partial charge in [-0.25, -0.2) is 4.39 Å². The maximum atomic E-state index is 13.4. The molecule has 0 aliphatic carbocycles. The summed E-state index contributed by atoms with van der Waals surface area (Å²) in [7, 11) is 0. The summed E-state index contributed by atoms with van der Waals surface area (Å²) in [5, 5.41) is 8.61. The van der Waals surface area contributed by atoms with E-state index in [0.29, 0.717) is 12.2 Å². The third-order valence-electron chi connectivity index (χ3n) is 2.81. The number of benzene rings is 1. The first-order valence-corrected chi connectivity index (χ1v) is 6.00. The summed E-state index contributed by atoms with van der Waals surface area (Å²) in [4.78, 5) is 0. The number of ether oxygens (including phenoxy) is 1. The summed E-state index contributed by atoms with van der Waals surface area (Å²) in [6.45, 7) is 6.24. The molecule has 0 saturated heterocycles. The van der Waals surface area contributed by atoms with Crippen LogP contribution in [0.2, 0.25) is 0 Å². The Kier molecular flexibility index (Phi) is 5.33. The summed E-state index contributed by atoms with van der Waals surface area (Å²) in [6.07, 6.45) is 0.908. The average Bonchev–Trinajstić information content (AvgIpc) is 2.36. The van der Waals surface area contributed by atoms with Crippen molar-refractivity contribution in [2.24, 2.45) is 0 Å². The molecule has 0 bridgehead atoms. The Hall–Kier alpha value is -1.37. The minimum absolute atomic E-state index is 0.189. The standard InChI is InChI=1S/C15H19FO2/c1-4-15(2,3)18-11-12-7-8-14(16)13(10-12)6-5-9-17/h7-8,10,17H,4,9,11H2,1-3H3. The number of halogens is 1. The van der Waals surface area contributed by atoms with Crippen LogP contribution in [0.1, 0.15) is 38.3 Å². The van der Waals surface area contributed by atoms with E-state index in [-0.39, 0.29) is 18.0 Å². The molecule has 0 fully saturated rings. The first kappa shape index (κ1) is 14.7. The zero-order chi connectivity index (χ0) is 13.6. The summed E-state index contributed by atoms with van der Waals surface area (Å²) < 4.78 is 19.2. The summed E-state index contributed by atoms with van der Waals surface area (Å²) in [5.74, 6) is 4.64. The number of rotatable bonds is 4. The third kappa shape index (κ3) is 4.48. The van der Waals surface area contributed by atoms with Crippen LogP contribution in [0.4, 0.5) is 4.39 Å². The van der Waals surface area contributed by atoms with E-state index in [1.807, 2.05) is 13.8 Å². The lowest BCUT2D eigenvalue weighted by Crippen LogP contribution is -2.22. The van der Waals surface area contributed by atoms with Crippen molar-refractivity contribution in [3.8, 4) is 11.8 Å². The van der Waals surface area contributed by atoms with Gasteiger partial charge in [0.25, 0.3) is 0 Å². The van der Waals surface area contributed by atoms with Gasteiger partial charge in [0.2, 0.25) is 0 Å². The van der Waals surface area contributed by atoms with E-state index >= 15 is 0 Å². The van der Waals surface area contributed by atoms with Crippen LogP contribution in [0, 0.1) is 17.7 Å². The van der Waals surface area contributed by atoms with E-state index in [9.17, 15) is 4.39 Å². The second-order valence-corrected chi connectivity index (χ2v) is 4.68. The SMILES string of the molecule is CCC(C)(C)OCc1ccc(F)c(C#CCO)c1. The molecule has 0 aliphatic rings. The van der Waals surface area contributed by atoms with Crippen LogP contribution in [0.15, 0.2) is 18.2 Å². The van der Waals surface area contributed by atoms with Crippen molar-refractivity contribution in [3.63, 3.8) is 0 Å². The van der Waals surface area contributed by atoms with Crippen LogP contribution in [-0.2, 0) is 11.3 Å². The van der Waals surface area contributed by atoms with E-state index in [2.05, 4.69) is 18.8 Å². The molecule has 0 saturated carbocycles. The fourth-order valence-corrected chi connectivity index (χ4v) is 1.27. The number of aliphatic hydroxyl groups is 1. The third-order valence-corrected chi connectivity index (χ3v) is 2.81. The molecule has 98 valence electrons. The fraction of sp³-hybridized carbons (Fsp3) is 0.467. The van der Waals surface area contributed by atoms with Gasteiger partial charge in [0.05, 0.1) is 17.8 Å². The molecule has 0 atom stereocenters. The lowest BCUT2D eigenvalue weighted by molar-refractivity contribution is -0.0316. The Bertz CT molecular complexity index is 455. The van der Waals surface area contributed by atoms with Gasteiger partial charge in [-0.3, -0.25) is 0 Å². The lowest BCUT2D eigenvalue weighted by atomic mass is 10.1. The molecule has 0 aromatic heterocycles. The molecule has 0 unspecified atom stereocenters. The summed E-state index contributed by atoms with van der Waals surface area (Å²) in [6, 6.07) is 4.72. The van der Waals surface area contributed by atoms with Crippen LogP contribution in [0.5, 0.6) is 0 Å². The highest BCUT2D eigenvalue weighted by Crippen LogP contribution is 2.17. The molecule has 1 aromatic carbocycles. The van der Waals surface area contributed by atoms with Crippen LogP contribution >= 0.6 is 0 Å². The molecule has 0 spiro atoms. The van der Waals surface area contributed by atoms with Gasteiger partial charge in [-0.2, -0.15) is 0 Å². The molecule has 3 heteroatoms. The molecule has 0 aliphatic heterocycles. The Balaban J connectivity index is 2.79. The van der Waals surface area contributed by atoms with E-state index in [1.165, 1.54) is 6.07 Å². The molecule has 2 nitrogen and oxygen atoms in total. The first-order valence-electron chi connectivity index (χ1n) is 6.00. The van der Waals surface area contributed by atoms with Gasteiger partial charge in [-0.15, -0.1) is 0 Å². The van der Waals surface area contributed by atoms with Gasteiger partial charge in [0.15, 0.2) is 0 Å². The van der Waals surface area contributed by atoms with Crippen LogP contribution in [0.25, 0.3) is 0 Å². The van der Waals surface area contributed by atoms with Crippen molar-refractivity contribution in [2.75, 3.05) is 6.61 Å². The van der Waals surface area contributed by atoms with Crippen molar-refractivity contribution in [1.82, 2.24) is 0 Å². The monoisotopic (exact) mass is 250 g/mol. The van der Waals surface area contributed by atoms with Crippen LogP contribution in [-0.4, -0.2) is 17.3 Å². The van der Waals surface area contributed by atoms with Crippen LogP contribution in [0.3, 0.4) is 0 Å². The number of hydrogen-bond donors (Lipinski definition) is 1. The smallest absolute Gasteiger partial charge is 0.138 e. The maximum Gasteiger partial charge on any atom is 0.138 e. The Morgan fingerprint density at radius 3 is 2.72 bits per heavy atom. The Morgan fingerprint density at radius 2 is 2.11 bits per heavy atom. The first-order chi connectivity index (χ1) is 8.48. The highest BCUT2D eigenvalue weighted by Gasteiger charge is 2.15. The Morgan fingerprint density at radius 1 is 1.39 bits per heavy atom. The summed E-state index contributed by atoms with van der Waals surface area (Å²) >= 11 is 0. The van der Waals surface area contributed by atoms with Crippen molar-refractivity contribution >= 4 is 0 Å². The predicted octanol–water partition coefficient (Wildman–Crippen LogP) is 2.87. The largest absolute Gasteiger partial charge is 0.384 e. The second kappa shape index (κ2) is 6.53. The fourth-order valence-electron chi connectivity index (χ4n) is 1.27. The van der Waals surface area contributed by atoms with Crippen molar-refractivity contribution in [1.29, 1.82) is 0 Å². The molecule has 1 aromatic rings. The molecule has 18 heavy (non-hydrogen) atoms. The maximum absolute atomic E-state index is 13.4. The van der Waals surface area contributed by atoms with Gasteiger partial charge >= 0.3 is 0 Å².